The number of ether oxygens (including phenoxy) is 2. The molecule has 0 radical (unpaired) electrons. The summed E-state index contributed by atoms with van der Waals surface area (Å²) in [6, 6.07) is 13.3. The van der Waals surface area contributed by atoms with Crippen LogP contribution in [0.3, 0.4) is 0 Å². The monoisotopic (exact) mass is 407 g/mol. The number of aromatic amines is 1. The van der Waals surface area contributed by atoms with E-state index >= 15 is 0 Å². The van der Waals surface area contributed by atoms with Crippen molar-refractivity contribution in [3.05, 3.63) is 48.4 Å². The molecule has 2 aromatic carbocycles. The number of amides is 1. The van der Waals surface area contributed by atoms with Gasteiger partial charge in [0.25, 0.3) is 6.01 Å². The number of imidazole rings is 1. The van der Waals surface area contributed by atoms with E-state index in [0.29, 0.717) is 23.5 Å². The number of carbonyl (C=O) groups is 1. The molecule has 2 aromatic heterocycles. The van der Waals surface area contributed by atoms with E-state index in [1.54, 1.807) is 0 Å². The molecular formula is C21H21N5O4. The number of hydrogen-bond acceptors (Lipinski definition) is 7. The van der Waals surface area contributed by atoms with Crippen molar-refractivity contribution in [1.82, 2.24) is 25.4 Å². The average Bonchev–Trinajstić information content (AvgIpc) is 3.33. The molecule has 0 unspecified atom stereocenters. The molecule has 2 heterocycles. The summed E-state index contributed by atoms with van der Waals surface area (Å²) in [4.78, 5) is 22.9. The Morgan fingerprint density at radius 2 is 1.90 bits per heavy atom. The molecule has 0 bridgehead atoms. The van der Waals surface area contributed by atoms with E-state index in [-0.39, 0.29) is 18.6 Å². The molecule has 154 valence electrons. The number of fused-ring (bicyclic) bond motifs is 1. The third-order valence-electron chi connectivity index (χ3n) is 4.09. The fraction of sp³-hybridized carbons (Fsp3) is 0.238. The summed E-state index contributed by atoms with van der Waals surface area (Å²) >= 11 is 0. The highest BCUT2D eigenvalue weighted by Gasteiger charge is 2.12. The lowest BCUT2D eigenvalue weighted by Crippen LogP contribution is -2.18. The van der Waals surface area contributed by atoms with Gasteiger partial charge < -0.3 is 24.3 Å². The lowest BCUT2D eigenvalue weighted by molar-refractivity contribution is -0.119. The first-order valence-corrected chi connectivity index (χ1v) is 9.48. The quantitative estimate of drug-likeness (QED) is 0.478. The predicted molar refractivity (Wildman–Crippen MR) is 109 cm³/mol. The van der Waals surface area contributed by atoms with Crippen molar-refractivity contribution in [2.75, 3.05) is 0 Å². The van der Waals surface area contributed by atoms with Crippen molar-refractivity contribution in [3.8, 4) is 28.9 Å². The van der Waals surface area contributed by atoms with Crippen LogP contribution in [0.2, 0.25) is 0 Å². The maximum atomic E-state index is 11.0. The highest BCUT2D eigenvalue weighted by atomic mass is 16.5. The molecule has 4 rings (SSSR count). The molecule has 0 fully saturated rings. The molecule has 9 heteroatoms. The van der Waals surface area contributed by atoms with Crippen LogP contribution < -0.4 is 14.8 Å². The van der Waals surface area contributed by atoms with Gasteiger partial charge in [0.2, 0.25) is 17.6 Å². The van der Waals surface area contributed by atoms with Gasteiger partial charge in [-0.25, -0.2) is 0 Å². The van der Waals surface area contributed by atoms with Gasteiger partial charge in [-0.15, -0.1) is 0 Å². The number of carbonyl (C=O) groups excluding carboxylic acids is 1. The highest BCUT2D eigenvalue weighted by Crippen LogP contribution is 2.26. The van der Waals surface area contributed by atoms with Crippen LogP contribution in [0.25, 0.3) is 22.4 Å². The van der Waals surface area contributed by atoms with E-state index in [1.165, 1.54) is 6.92 Å². The number of benzene rings is 2. The summed E-state index contributed by atoms with van der Waals surface area (Å²) in [5.74, 6) is 2.02. The molecule has 0 saturated heterocycles. The van der Waals surface area contributed by atoms with Crippen LogP contribution in [0.4, 0.5) is 0 Å². The van der Waals surface area contributed by atoms with E-state index in [0.717, 1.165) is 22.3 Å². The van der Waals surface area contributed by atoms with E-state index < -0.39 is 0 Å². The molecular weight excluding hydrogens is 386 g/mol. The number of aromatic nitrogens is 4. The lowest BCUT2D eigenvalue weighted by Gasteiger charge is -2.09. The van der Waals surface area contributed by atoms with Crippen LogP contribution in [-0.2, 0) is 11.3 Å². The third-order valence-corrected chi connectivity index (χ3v) is 4.09. The average molecular weight is 407 g/mol. The van der Waals surface area contributed by atoms with Crippen molar-refractivity contribution < 1.29 is 18.8 Å². The number of hydrogen-bond donors (Lipinski definition) is 2. The van der Waals surface area contributed by atoms with Crippen LogP contribution in [0.1, 0.15) is 26.7 Å². The Kier molecular flexibility index (Phi) is 5.34. The first-order chi connectivity index (χ1) is 14.5. The summed E-state index contributed by atoms with van der Waals surface area (Å²) in [5.41, 5.74) is 2.27. The van der Waals surface area contributed by atoms with Crippen molar-refractivity contribution in [2.45, 2.75) is 33.4 Å². The summed E-state index contributed by atoms with van der Waals surface area (Å²) in [6.45, 7) is 5.57. The van der Waals surface area contributed by atoms with E-state index in [9.17, 15) is 4.79 Å². The second-order valence-corrected chi connectivity index (χ2v) is 6.94. The zero-order chi connectivity index (χ0) is 21.1. The van der Waals surface area contributed by atoms with Gasteiger partial charge >= 0.3 is 0 Å². The fourth-order valence-corrected chi connectivity index (χ4v) is 2.79. The number of nitrogens with one attached hydrogen (secondary N) is 2. The minimum absolute atomic E-state index is 0.113. The summed E-state index contributed by atoms with van der Waals surface area (Å²) < 4.78 is 16.6. The van der Waals surface area contributed by atoms with Crippen LogP contribution in [0, 0.1) is 0 Å². The Morgan fingerprint density at radius 1 is 1.13 bits per heavy atom. The second-order valence-electron chi connectivity index (χ2n) is 6.94. The first kappa shape index (κ1) is 19.4. The second kappa shape index (κ2) is 8.24. The normalized spacial score (nSPS) is 11.1. The molecule has 0 spiro atoms. The van der Waals surface area contributed by atoms with Crippen LogP contribution in [0.5, 0.6) is 17.5 Å². The number of H-pyrrole nitrogens is 1. The molecule has 0 aliphatic carbocycles. The van der Waals surface area contributed by atoms with E-state index in [2.05, 4.69) is 25.4 Å². The number of rotatable bonds is 7. The molecule has 0 saturated carbocycles. The minimum atomic E-state index is -0.164. The van der Waals surface area contributed by atoms with Crippen LogP contribution in [0.15, 0.2) is 47.0 Å². The van der Waals surface area contributed by atoms with Gasteiger partial charge in [-0.05, 0) is 56.3 Å². The van der Waals surface area contributed by atoms with Crippen LogP contribution in [-0.4, -0.2) is 32.1 Å². The van der Waals surface area contributed by atoms with Gasteiger partial charge in [-0.2, -0.15) is 9.97 Å². The SMILES string of the molecule is CC(=O)NCc1nc(-c2ccc3nc(Oc4ccc(OC(C)C)cc4)[nH]c3c2)no1. The van der Waals surface area contributed by atoms with E-state index in [4.69, 9.17) is 14.0 Å². The Morgan fingerprint density at radius 3 is 2.63 bits per heavy atom. The predicted octanol–water partition coefficient (Wildman–Crippen LogP) is 3.83. The van der Waals surface area contributed by atoms with Gasteiger partial charge in [0.1, 0.15) is 11.5 Å². The molecule has 2 N–H and O–H groups in total. The van der Waals surface area contributed by atoms with Crippen LogP contribution >= 0.6 is 0 Å². The molecule has 9 nitrogen and oxygen atoms in total. The topological polar surface area (TPSA) is 115 Å². The fourth-order valence-electron chi connectivity index (χ4n) is 2.79. The lowest BCUT2D eigenvalue weighted by atomic mass is 10.2. The standard InChI is InChI=1S/C21H21N5O4/c1-12(2)28-15-5-7-16(8-6-15)29-21-23-17-9-4-14(10-18(17)24-21)20-25-19(30-26-20)11-22-13(3)27/h4-10,12H,11H2,1-3H3,(H,22,27)(H,23,24). The number of nitrogens with zero attached hydrogens (tertiary/aromatic N) is 3. The first-order valence-electron chi connectivity index (χ1n) is 9.48. The summed E-state index contributed by atoms with van der Waals surface area (Å²) in [7, 11) is 0. The maximum absolute atomic E-state index is 11.0. The largest absolute Gasteiger partial charge is 0.491 e. The van der Waals surface area contributed by atoms with Gasteiger partial charge in [-0.1, -0.05) is 5.16 Å². The Bertz CT molecular complexity index is 1160. The summed E-state index contributed by atoms with van der Waals surface area (Å²) in [6.07, 6.45) is 0.113. The third kappa shape index (κ3) is 4.57. The minimum Gasteiger partial charge on any atom is -0.491 e. The summed E-state index contributed by atoms with van der Waals surface area (Å²) in [5, 5.41) is 6.58. The van der Waals surface area contributed by atoms with Gasteiger partial charge in [0.15, 0.2) is 0 Å². The molecule has 0 aliphatic rings. The highest BCUT2D eigenvalue weighted by molar-refractivity contribution is 5.81. The molecule has 30 heavy (non-hydrogen) atoms. The van der Waals surface area contributed by atoms with Crippen molar-refractivity contribution in [1.29, 1.82) is 0 Å². The molecule has 4 aromatic rings. The van der Waals surface area contributed by atoms with Gasteiger partial charge in [0, 0.05) is 12.5 Å². The molecule has 1 amide bonds. The zero-order valence-electron chi connectivity index (χ0n) is 16.8. The molecule has 0 atom stereocenters. The zero-order valence-corrected chi connectivity index (χ0v) is 16.8. The van der Waals surface area contributed by atoms with Gasteiger partial charge in [0.05, 0.1) is 23.7 Å². The smallest absolute Gasteiger partial charge is 0.300 e. The van der Waals surface area contributed by atoms with Crippen molar-refractivity contribution in [2.24, 2.45) is 0 Å². The van der Waals surface area contributed by atoms with E-state index in [1.807, 2.05) is 56.3 Å². The Labute approximate surface area is 172 Å². The Hall–Kier alpha value is -3.88. The van der Waals surface area contributed by atoms with Crippen molar-refractivity contribution in [3.63, 3.8) is 0 Å². The Balaban J connectivity index is 1.49. The van der Waals surface area contributed by atoms with Crippen molar-refractivity contribution >= 4 is 16.9 Å². The maximum Gasteiger partial charge on any atom is 0.300 e. The van der Waals surface area contributed by atoms with Gasteiger partial charge in [-0.3, -0.25) is 4.79 Å². The molecule has 0 aliphatic heterocycles.